The van der Waals surface area contributed by atoms with Crippen molar-refractivity contribution in [1.29, 1.82) is 0 Å². The average Bonchev–Trinajstić information content (AvgIpc) is 2.43. The quantitative estimate of drug-likeness (QED) is 0.504. The number of halogens is 1. The van der Waals surface area contributed by atoms with E-state index in [2.05, 4.69) is 50.5 Å². The predicted molar refractivity (Wildman–Crippen MR) is 94.0 cm³/mol. The van der Waals surface area contributed by atoms with Crippen LogP contribution in [0.1, 0.15) is 60.8 Å². The molecule has 5 unspecified atom stereocenters. The number of esters is 1. The fraction of sp³-hybridized carbons (Fsp3) is 0.944. The Morgan fingerprint density at radius 3 is 2.27 bits per heavy atom. The minimum absolute atomic E-state index is 0.0751. The first-order chi connectivity index (χ1) is 10.1. The second-order valence-electron chi connectivity index (χ2n) is 7.72. The van der Waals surface area contributed by atoms with Crippen molar-refractivity contribution < 1.29 is 14.6 Å². The molecule has 1 rings (SSSR count). The van der Waals surface area contributed by atoms with E-state index >= 15 is 0 Å². The molecule has 1 aliphatic rings. The van der Waals surface area contributed by atoms with Crippen LogP contribution in [0.3, 0.4) is 0 Å². The van der Waals surface area contributed by atoms with Gasteiger partial charge in [-0.1, -0.05) is 57.0 Å². The molecule has 1 saturated carbocycles. The first-order valence-corrected chi connectivity index (χ1v) is 9.74. The molecule has 0 aromatic heterocycles. The van der Waals surface area contributed by atoms with Gasteiger partial charge in [0.25, 0.3) is 0 Å². The Hall–Kier alpha value is -0.0900. The van der Waals surface area contributed by atoms with Gasteiger partial charge < -0.3 is 9.84 Å². The number of alkyl halides is 1. The Labute approximate surface area is 144 Å². The summed E-state index contributed by atoms with van der Waals surface area (Å²) in [5.74, 6) is 1.65. The zero-order chi connectivity index (χ0) is 17.1. The van der Waals surface area contributed by atoms with Gasteiger partial charge in [-0.2, -0.15) is 0 Å². The molecule has 0 aromatic carbocycles. The first-order valence-electron chi connectivity index (χ1n) is 8.62. The lowest BCUT2D eigenvalue weighted by Gasteiger charge is -2.55. The number of rotatable bonds is 8. The molecule has 3 nitrogen and oxygen atoms in total. The molecule has 0 spiro atoms. The highest BCUT2D eigenvalue weighted by Gasteiger charge is 2.53. The maximum absolute atomic E-state index is 11.6. The summed E-state index contributed by atoms with van der Waals surface area (Å²) in [5.41, 5.74) is -0.579. The van der Waals surface area contributed by atoms with E-state index in [1.807, 2.05) is 6.92 Å². The van der Waals surface area contributed by atoms with Crippen LogP contribution in [-0.4, -0.2) is 28.1 Å². The van der Waals surface area contributed by atoms with Crippen molar-refractivity contribution in [3.63, 3.8) is 0 Å². The molecule has 0 bridgehead atoms. The van der Waals surface area contributed by atoms with Crippen LogP contribution in [0.5, 0.6) is 0 Å². The van der Waals surface area contributed by atoms with E-state index < -0.39 is 5.60 Å². The van der Waals surface area contributed by atoms with Gasteiger partial charge in [0.15, 0.2) is 0 Å². The third-order valence-electron chi connectivity index (χ3n) is 5.62. The van der Waals surface area contributed by atoms with E-state index in [1.165, 1.54) is 0 Å². The molecule has 5 atom stereocenters. The Balaban J connectivity index is 2.81. The Kier molecular flexibility index (Phi) is 7.38. The van der Waals surface area contributed by atoms with Crippen LogP contribution < -0.4 is 0 Å². The zero-order valence-electron chi connectivity index (χ0n) is 14.9. The molecule has 1 fully saturated rings. The van der Waals surface area contributed by atoms with Crippen LogP contribution in [0, 0.1) is 29.6 Å². The minimum atomic E-state index is -0.579. The Morgan fingerprint density at radius 2 is 1.91 bits per heavy atom. The van der Waals surface area contributed by atoms with Gasteiger partial charge in [-0.05, 0) is 49.4 Å². The number of carbonyl (C=O) groups is 1. The van der Waals surface area contributed by atoms with Gasteiger partial charge in [0.1, 0.15) is 11.4 Å². The van der Waals surface area contributed by atoms with E-state index in [0.29, 0.717) is 23.7 Å². The highest BCUT2D eigenvalue weighted by molar-refractivity contribution is 9.09. The van der Waals surface area contributed by atoms with Crippen molar-refractivity contribution in [2.75, 3.05) is 5.33 Å². The van der Waals surface area contributed by atoms with Crippen molar-refractivity contribution in [3.8, 4) is 0 Å². The first kappa shape index (κ1) is 20.0. The molecule has 0 radical (unpaired) electrons. The van der Waals surface area contributed by atoms with Crippen LogP contribution in [0.15, 0.2) is 0 Å². The maximum atomic E-state index is 11.6. The SMILES string of the molecule is CCC1CC(C(CC(OC(=O)CBr)C(C)C)C(C)C)C1(C)O. The van der Waals surface area contributed by atoms with Gasteiger partial charge in [0.2, 0.25) is 0 Å². The molecule has 22 heavy (non-hydrogen) atoms. The van der Waals surface area contributed by atoms with Gasteiger partial charge in [0, 0.05) is 0 Å². The average molecular weight is 377 g/mol. The van der Waals surface area contributed by atoms with Crippen molar-refractivity contribution in [3.05, 3.63) is 0 Å². The lowest BCUT2D eigenvalue weighted by Crippen LogP contribution is -2.57. The predicted octanol–water partition coefficient (Wildman–Crippen LogP) is 4.41. The van der Waals surface area contributed by atoms with Crippen LogP contribution in [0.4, 0.5) is 0 Å². The van der Waals surface area contributed by atoms with Gasteiger partial charge in [-0.15, -0.1) is 0 Å². The number of carbonyl (C=O) groups excluding carboxylic acids is 1. The third-order valence-corrected chi connectivity index (χ3v) is 6.08. The summed E-state index contributed by atoms with van der Waals surface area (Å²) in [6.45, 7) is 12.7. The number of hydrogen-bond donors (Lipinski definition) is 1. The van der Waals surface area contributed by atoms with Gasteiger partial charge >= 0.3 is 5.97 Å². The molecule has 4 heteroatoms. The lowest BCUT2D eigenvalue weighted by molar-refractivity contribution is -0.174. The van der Waals surface area contributed by atoms with Gasteiger partial charge in [0.05, 0.1) is 5.60 Å². The fourth-order valence-electron chi connectivity index (χ4n) is 3.94. The highest BCUT2D eigenvalue weighted by atomic mass is 79.9. The van der Waals surface area contributed by atoms with Crippen molar-refractivity contribution in [2.24, 2.45) is 29.6 Å². The molecular weight excluding hydrogens is 344 g/mol. The normalized spacial score (nSPS) is 31.0. The molecule has 1 aliphatic carbocycles. The van der Waals surface area contributed by atoms with E-state index in [9.17, 15) is 9.90 Å². The van der Waals surface area contributed by atoms with Crippen LogP contribution in [-0.2, 0) is 9.53 Å². The molecule has 0 aromatic rings. The monoisotopic (exact) mass is 376 g/mol. The van der Waals surface area contributed by atoms with Crippen molar-refractivity contribution >= 4 is 21.9 Å². The van der Waals surface area contributed by atoms with Crippen LogP contribution in [0.2, 0.25) is 0 Å². The Morgan fingerprint density at radius 1 is 1.32 bits per heavy atom. The van der Waals surface area contributed by atoms with Crippen LogP contribution >= 0.6 is 15.9 Å². The standard InChI is InChI=1S/C18H33BrO3/c1-7-13-8-15(18(13,6)21)14(11(2)3)9-16(12(4)5)22-17(20)10-19/h11-16,21H,7-10H2,1-6H3. The van der Waals surface area contributed by atoms with E-state index in [1.54, 1.807) is 0 Å². The Bertz CT molecular complexity index is 365. The summed E-state index contributed by atoms with van der Waals surface area (Å²) in [7, 11) is 0. The van der Waals surface area contributed by atoms with Crippen LogP contribution in [0.25, 0.3) is 0 Å². The maximum Gasteiger partial charge on any atom is 0.316 e. The van der Waals surface area contributed by atoms with Gasteiger partial charge in [-0.25, -0.2) is 0 Å². The summed E-state index contributed by atoms with van der Waals surface area (Å²) in [4.78, 5) is 11.6. The molecule has 0 aliphatic heterocycles. The van der Waals surface area contributed by atoms with E-state index in [4.69, 9.17) is 4.74 Å². The molecular formula is C18H33BrO3. The van der Waals surface area contributed by atoms with E-state index in [0.717, 1.165) is 19.3 Å². The number of ether oxygens (including phenoxy) is 1. The number of aliphatic hydroxyl groups is 1. The highest BCUT2D eigenvalue weighted by Crippen LogP contribution is 2.52. The topological polar surface area (TPSA) is 46.5 Å². The summed E-state index contributed by atoms with van der Waals surface area (Å²) in [6.07, 6.45) is 2.88. The van der Waals surface area contributed by atoms with Gasteiger partial charge in [-0.3, -0.25) is 4.79 Å². The molecule has 130 valence electrons. The minimum Gasteiger partial charge on any atom is -0.461 e. The zero-order valence-corrected chi connectivity index (χ0v) is 16.5. The number of hydrogen-bond acceptors (Lipinski definition) is 3. The van der Waals surface area contributed by atoms with E-state index in [-0.39, 0.29) is 23.3 Å². The smallest absolute Gasteiger partial charge is 0.316 e. The van der Waals surface area contributed by atoms with Crippen molar-refractivity contribution in [2.45, 2.75) is 72.5 Å². The summed E-state index contributed by atoms with van der Waals surface area (Å²) >= 11 is 3.16. The molecule has 1 N–H and O–H groups in total. The second kappa shape index (κ2) is 8.14. The molecule has 0 heterocycles. The largest absolute Gasteiger partial charge is 0.461 e. The second-order valence-corrected chi connectivity index (χ2v) is 8.28. The lowest BCUT2D eigenvalue weighted by atomic mass is 9.54. The molecule has 0 amide bonds. The van der Waals surface area contributed by atoms with Crippen molar-refractivity contribution in [1.82, 2.24) is 0 Å². The molecule has 0 saturated heterocycles. The fourth-order valence-corrected chi connectivity index (χ4v) is 4.07. The summed E-state index contributed by atoms with van der Waals surface area (Å²) in [6, 6.07) is 0. The summed E-state index contributed by atoms with van der Waals surface area (Å²) < 4.78 is 5.61. The summed E-state index contributed by atoms with van der Waals surface area (Å²) in [5, 5.41) is 11.1. The third kappa shape index (κ3) is 4.47.